The van der Waals surface area contributed by atoms with Crippen molar-refractivity contribution in [3.8, 4) is 5.75 Å². The number of hydrogen-bond donors (Lipinski definition) is 2. The van der Waals surface area contributed by atoms with Gasteiger partial charge < -0.3 is 10.1 Å². The maximum atomic E-state index is 12.2. The Morgan fingerprint density at radius 2 is 2.00 bits per heavy atom. The lowest BCUT2D eigenvalue weighted by Gasteiger charge is -2.14. The average molecular weight is 272 g/mol. The molecular formula is C12H20N2O3S. The Labute approximate surface area is 109 Å². The van der Waals surface area contributed by atoms with Crippen LogP contribution in [0.4, 0.5) is 0 Å². The molecule has 2 N–H and O–H groups in total. The standard InChI is InChI=1S/C12H20N2O3S/c1-9(2)14-18(15,16)12-7-10(8-13-3)5-6-11(12)17-4/h5-7,9,13-14H,8H2,1-4H3. The topological polar surface area (TPSA) is 67.4 Å². The van der Waals surface area contributed by atoms with Crippen molar-refractivity contribution in [2.24, 2.45) is 0 Å². The highest BCUT2D eigenvalue weighted by Gasteiger charge is 2.20. The molecular weight excluding hydrogens is 252 g/mol. The molecule has 0 saturated heterocycles. The van der Waals surface area contributed by atoms with Crippen molar-refractivity contribution in [3.05, 3.63) is 23.8 Å². The highest BCUT2D eigenvalue weighted by molar-refractivity contribution is 7.89. The largest absolute Gasteiger partial charge is 0.495 e. The summed E-state index contributed by atoms with van der Waals surface area (Å²) in [5, 5.41) is 2.98. The number of ether oxygens (including phenoxy) is 1. The molecule has 0 aliphatic rings. The van der Waals surface area contributed by atoms with E-state index in [-0.39, 0.29) is 10.9 Å². The number of rotatable bonds is 6. The van der Waals surface area contributed by atoms with Gasteiger partial charge in [-0.15, -0.1) is 0 Å². The molecule has 0 aliphatic heterocycles. The van der Waals surface area contributed by atoms with E-state index in [4.69, 9.17) is 4.74 Å². The molecule has 1 aromatic rings. The lowest BCUT2D eigenvalue weighted by atomic mass is 10.2. The Hall–Kier alpha value is -1.11. The summed E-state index contributed by atoms with van der Waals surface area (Å²) in [7, 11) is -0.276. The molecule has 0 radical (unpaired) electrons. The van der Waals surface area contributed by atoms with Crippen LogP contribution >= 0.6 is 0 Å². The predicted molar refractivity (Wildman–Crippen MR) is 71.2 cm³/mol. The maximum absolute atomic E-state index is 12.2. The van der Waals surface area contributed by atoms with Crippen LogP contribution in [0.3, 0.4) is 0 Å². The van der Waals surface area contributed by atoms with Gasteiger partial charge in [-0.3, -0.25) is 0 Å². The monoisotopic (exact) mass is 272 g/mol. The van der Waals surface area contributed by atoms with E-state index in [1.54, 1.807) is 26.0 Å². The molecule has 0 aromatic heterocycles. The van der Waals surface area contributed by atoms with Gasteiger partial charge in [0.05, 0.1) is 7.11 Å². The summed E-state index contributed by atoms with van der Waals surface area (Å²) in [6.45, 7) is 4.16. The van der Waals surface area contributed by atoms with Crippen LogP contribution in [0, 0.1) is 0 Å². The third-order valence-corrected chi connectivity index (χ3v) is 3.97. The van der Waals surface area contributed by atoms with Gasteiger partial charge in [-0.1, -0.05) is 6.07 Å². The zero-order valence-electron chi connectivity index (χ0n) is 11.1. The minimum atomic E-state index is -3.55. The highest BCUT2D eigenvalue weighted by atomic mass is 32.2. The van der Waals surface area contributed by atoms with E-state index in [9.17, 15) is 8.42 Å². The second-order valence-corrected chi connectivity index (χ2v) is 5.97. The number of sulfonamides is 1. The van der Waals surface area contributed by atoms with Gasteiger partial charge in [0.2, 0.25) is 10.0 Å². The zero-order valence-corrected chi connectivity index (χ0v) is 12.0. The Morgan fingerprint density at radius 1 is 1.33 bits per heavy atom. The third-order valence-electron chi connectivity index (χ3n) is 2.29. The molecule has 0 atom stereocenters. The molecule has 0 aliphatic carbocycles. The summed E-state index contributed by atoms with van der Waals surface area (Å²) in [5.41, 5.74) is 0.891. The van der Waals surface area contributed by atoms with Gasteiger partial charge in [0.25, 0.3) is 0 Å². The fourth-order valence-corrected chi connectivity index (χ4v) is 3.09. The molecule has 0 fully saturated rings. The Kier molecular flexibility index (Phi) is 5.13. The summed E-state index contributed by atoms with van der Waals surface area (Å²) in [4.78, 5) is 0.173. The minimum Gasteiger partial charge on any atom is -0.495 e. The van der Waals surface area contributed by atoms with Gasteiger partial charge in [-0.05, 0) is 38.6 Å². The zero-order chi connectivity index (χ0) is 13.8. The van der Waals surface area contributed by atoms with Crippen LogP contribution < -0.4 is 14.8 Å². The number of benzene rings is 1. The number of hydrogen-bond acceptors (Lipinski definition) is 4. The Balaban J connectivity index is 3.23. The van der Waals surface area contributed by atoms with Crippen LogP contribution in [0.5, 0.6) is 5.75 Å². The third kappa shape index (κ3) is 3.69. The molecule has 0 heterocycles. The van der Waals surface area contributed by atoms with Crippen LogP contribution in [0.2, 0.25) is 0 Å². The normalized spacial score (nSPS) is 11.8. The fourth-order valence-electron chi connectivity index (χ4n) is 1.62. The lowest BCUT2D eigenvalue weighted by Crippen LogP contribution is -2.30. The molecule has 1 rings (SSSR count). The van der Waals surface area contributed by atoms with Gasteiger partial charge in [0, 0.05) is 12.6 Å². The molecule has 0 bridgehead atoms. The predicted octanol–water partition coefficient (Wildman–Crippen LogP) is 1.10. The van der Waals surface area contributed by atoms with Gasteiger partial charge >= 0.3 is 0 Å². The van der Waals surface area contributed by atoms with Crippen molar-refractivity contribution >= 4 is 10.0 Å². The first-order valence-electron chi connectivity index (χ1n) is 5.74. The first-order chi connectivity index (χ1) is 8.40. The van der Waals surface area contributed by atoms with Gasteiger partial charge in [-0.2, -0.15) is 0 Å². The van der Waals surface area contributed by atoms with E-state index in [0.717, 1.165) is 5.56 Å². The Bertz CT molecular complexity index is 498. The number of methoxy groups -OCH3 is 1. The molecule has 102 valence electrons. The van der Waals surface area contributed by atoms with E-state index in [0.29, 0.717) is 12.3 Å². The van der Waals surface area contributed by atoms with Crippen molar-refractivity contribution in [3.63, 3.8) is 0 Å². The molecule has 0 spiro atoms. The molecule has 6 heteroatoms. The van der Waals surface area contributed by atoms with E-state index >= 15 is 0 Å². The van der Waals surface area contributed by atoms with Crippen LogP contribution in [-0.4, -0.2) is 28.6 Å². The van der Waals surface area contributed by atoms with Crippen molar-refractivity contribution in [1.82, 2.24) is 10.0 Å². The summed E-state index contributed by atoms with van der Waals surface area (Å²) < 4.78 is 32.0. The minimum absolute atomic E-state index is 0.160. The van der Waals surface area contributed by atoms with Crippen molar-refractivity contribution in [1.29, 1.82) is 0 Å². The second kappa shape index (κ2) is 6.17. The highest BCUT2D eigenvalue weighted by Crippen LogP contribution is 2.25. The van der Waals surface area contributed by atoms with Gasteiger partial charge in [-0.25, -0.2) is 13.1 Å². The molecule has 5 nitrogen and oxygen atoms in total. The fraction of sp³-hybridized carbons (Fsp3) is 0.500. The van der Waals surface area contributed by atoms with E-state index < -0.39 is 10.0 Å². The summed E-state index contributed by atoms with van der Waals surface area (Å²) >= 11 is 0. The van der Waals surface area contributed by atoms with Crippen LogP contribution in [0.15, 0.2) is 23.1 Å². The van der Waals surface area contributed by atoms with E-state index in [2.05, 4.69) is 10.0 Å². The second-order valence-electron chi connectivity index (χ2n) is 4.29. The van der Waals surface area contributed by atoms with Crippen molar-refractivity contribution in [2.45, 2.75) is 31.3 Å². The summed E-state index contributed by atoms with van der Waals surface area (Å²) in [6, 6.07) is 4.97. The summed E-state index contributed by atoms with van der Waals surface area (Å²) in [5.74, 6) is 0.350. The van der Waals surface area contributed by atoms with Gasteiger partial charge in [0.1, 0.15) is 10.6 Å². The molecule has 0 unspecified atom stereocenters. The average Bonchev–Trinajstić information content (AvgIpc) is 2.27. The summed E-state index contributed by atoms with van der Waals surface area (Å²) in [6.07, 6.45) is 0. The molecule has 0 saturated carbocycles. The molecule has 0 amide bonds. The van der Waals surface area contributed by atoms with Crippen LogP contribution in [0.1, 0.15) is 19.4 Å². The van der Waals surface area contributed by atoms with Gasteiger partial charge in [0.15, 0.2) is 0 Å². The number of nitrogens with one attached hydrogen (secondary N) is 2. The van der Waals surface area contributed by atoms with Crippen molar-refractivity contribution < 1.29 is 13.2 Å². The quantitative estimate of drug-likeness (QED) is 0.814. The molecule has 18 heavy (non-hydrogen) atoms. The van der Waals surface area contributed by atoms with Crippen LogP contribution in [0.25, 0.3) is 0 Å². The first kappa shape index (κ1) is 14.9. The van der Waals surface area contributed by atoms with Crippen molar-refractivity contribution in [2.75, 3.05) is 14.2 Å². The smallest absolute Gasteiger partial charge is 0.244 e. The van der Waals surface area contributed by atoms with Crippen LogP contribution in [-0.2, 0) is 16.6 Å². The van der Waals surface area contributed by atoms with E-state index in [1.165, 1.54) is 7.11 Å². The van der Waals surface area contributed by atoms with E-state index in [1.807, 2.05) is 13.1 Å². The SMILES string of the molecule is CNCc1ccc(OC)c(S(=O)(=O)NC(C)C)c1. The lowest BCUT2D eigenvalue weighted by molar-refractivity contribution is 0.402. The Morgan fingerprint density at radius 3 is 2.50 bits per heavy atom. The molecule has 1 aromatic carbocycles. The maximum Gasteiger partial charge on any atom is 0.244 e. The first-order valence-corrected chi connectivity index (χ1v) is 7.23.